The molecule has 0 bridgehead atoms. The van der Waals surface area contributed by atoms with E-state index >= 15 is 0 Å². The molecule has 7 heteroatoms. The lowest BCUT2D eigenvalue weighted by molar-refractivity contribution is 0.0954. The van der Waals surface area contributed by atoms with Crippen LogP contribution < -0.4 is 5.43 Å². The Hall–Kier alpha value is -1.73. The van der Waals surface area contributed by atoms with Gasteiger partial charge in [-0.2, -0.15) is 5.10 Å². The summed E-state index contributed by atoms with van der Waals surface area (Å²) in [6.07, 6.45) is 13.0. The third-order valence-corrected chi connectivity index (χ3v) is 6.93. The second kappa shape index (κ2) is 11.3. The van der Waals surface area contributed by atoms with Crippen LogP contribution in [0.1, 0.15) is 81.0 Å². The van der Waals surface area contributed by atoms with Gasteiger partial charge in [-0.05, 0) is 43.9 Å². The first-order chi connectivity index (χ1) is 13.4. The zero-order valence-electron chi connectivity index (χ0n) is 17.1. The van der Waals surface area contributed by atoms with E-state index in [2.05, 4.69) is 10.5 Å². The molecule has 0 aromatic heterocycles. The summed E-state index contributed by atoms with van der Waals surface area (Å²) in [6, 6.07) is 6.07. The highest BCUT2D eigenvalue weighted by molar-refractivity contribution is 7.89. The Morgan fingerprint density at radius 3 is 2.00 bits per heavy atom. The van der Waals surface area contributed by atoms with Gasteiger partial charge in [-0.15, -0.1) is 0 Å². The summed E-state index contributed by atoms with van der Waals surface area (Å²) in [7, 11) is -0.634. The zero-order valence-corrected chi connectivity index (χ0v) is 17.9. The average Bonchev–Trinajstić information content (AvgIpc) is 2.67. The molecule has 1 fully saturated rings. The van der Waals surface area contributed by atoms with Gasteiger partial charge in [-0.1, -0.05) is 51.0 Å². The van der Waals surface area contributed by atoms with E-state index in [1.165, 1.54) is 71.2 Å². The fourth-order valence-corrected chi connectivity index (χ4v) is 4.28. The maximum atomic E-state index is 12.5. The predicted octanol–water partition coefficient (Wildman–Crippen LogP) is 4.33. The van der Waals surface area contributed by atoms with E-state index < -0.39 is 10.0 Å². The molecule has 1 aromatic rings. The molecule has 1 amide bonds. The molecule has 2 rings (SSSR count). The van der Waals surface area contributed by atoms with Crippen molar-refractivity contribution in [1.29, 1.82) is 0 Å². The second-order valence-corrected chi connectivity index (χ2v) is 9.77. The number of carbonyl (C=O) groups excluding carboxylic acids is 1. The van der Waals surface area contributed by atoms with E-state index in [1.807, 2.05) is 0 Å². The summed E-state index contributed by atoms with van der Waals surface area (Å²) in [5, 5.41) is 4.37. The molecule has 1 saturated carbocycles. The molecule has 0 saturated heterocycles. The molecule has 0 heterocycles. The van der Waals surface area contributed by atoms with E-state index in [1.54, 1.807) is 12.1 Å². The van der Waals surface area contributed by atoms with Crippen molar-refractivity contribution in [2.75, 3.05) is 14.1 Å². The quantitative estimate of drug-likeness (QED) is 0.755. The molecular weight excluding hydrogens is 374 g/mol. The van der Waals surface area contributed by atoms with Gasteiger partial charge in [-0.3, -0.25) is 4.79 Å². The lowest BCUT2D eigenvalue weighted by atomic mass is 10.00. The third-order valence-electron chi connectivity index (χ3n) is 5.12. The Morgan fingerprint density at radius 2 is 1.46 bits per heavy atom. The lowest BCUT2D eigenvalue weighted by Crippen LogP contribution is -2.23. The smallest absolute Gasteiger partial charge is 0.267 e. The molecule has 28 heavy (non-hydrogen) atoms. The lowest BCUT2D eigenvalue weighted by Gasteiger charge is -2.12. The van der Waals surface area contributed by atoms with Crippen molar-refractivity contribution < 1.29 is 13.2 Å². The van der Waals surface area contributed by atoms with E-state index in [0.717, 1.165) is 35.7 Å². The van der Waals surface area contributed by atoms with Crippen molar-refractivity contribution in [3.05, 3.63) is 29.8 Å². The topological polar surface area (TPSA) is 78.8 Å². The minimum atomic E-state index is -3.57. The van der Waals surface area contributed by atoms with E-state index in [-0.39, 0.29) is 10.8 Å². The van der Waals surface area contributed by atoms with Crippen LogP contribution in [0.15, 0.2) is 34.3 Å². The molecule has 6 nitrogen and oxygen atoms in total. The van der Waals surface area contributed by atoms with Gasteiger partial charge in [0, 0.05) is 25.4 Å². The van der Waals surface area contributed by atoms with Crippen LogP contribution in [0.3, 0.4) is 0 Å². The Labute approximate surface area is 169 Å². The SMILES string of the molecule is CN(C)S(=O)(=O)c1cccc(C(=O)NN=C2CCCCCCCCCCC2)c1. The second-order valence-electron chi connectivity index (χ2n) is 7.62. The number of rotatable bonds is 4. The summed E-state index contributed by atoms with van der Waals surface area (Å²) < 4.78 is 25.7. The summed E-state index contributed by atoms with van der Waals surface area (Å²) in [5.74, 6) is -0.380. The summed E-state index contributed by atoms with van der Waals surface area (Å²) >= 11 is 0. The number of benzene rings is 1. The summed E-state index contributed by atoms with van der Waals surface area (Å²) in [6.45, 7) is 0. The number of carbonyl (C=O) groups is 1. The third kappa shape index (κ3) is 7.02. The molecule has 1 aliphatic carbocycles. The maximum absolute atomic E-state index is 12.5. The van der Waals surface area contributed by atoms with Crippen molar-refractivity contribution in [1.82, 2.24) is 9.73 Å². The first-order valence-corrected chi connectivity index (χ1v) is 11.7. The Morgan fingerprint density at radius 1 is 0.929 bits per heavy atom. The molecule has 156 valence electrons. The van der Waals surface area contributed by atoms with Gasteiger partial charge in [0.25, 0.3) is 5.91 Å². The van der Waals surface area contributed by atoms with Crippen molar-refractivity contribution in [2.24, 2.45) is 5.10 Å². The molecule has 1 N–H and O–H groups in total. The number of nitrogens with zero attached hydrogens (tertiary/aromatic N) is 2. The Bertz CT molecular complexity index is 759. The van der Waals surface area contributed by atoms with Crippen LogP contribution >= 0.6 is 0 Å². The van der Waals surface area contributed by atoms with Crippen LogP contribution in [0.2, 0.25) is 0 Å². The van der Waals surface area contributed by atoms with Gasteiger partial charge < -0.3 is 0 Å². The van der Waals surface area contributed by atoms with Crippen molar-refractivity contribution in [3.8, 4) is 0 Å². The molecule has 1 aromatic carbocycles. The minimum absolute atomic E-state index is 0.101. The highest BCUT2D eigenvalue weighted by Crippen LogP contribution is 2.16. The van der Waals surface area contributed by atoms with E-state index in [4.69, 9.17) is 0 Å². The number of sulfonamides is 1. The molecule has 0 atom stereocenters. The van der Waals surface area contributed by atoms with E-state index in [9.17, 15) is 13.2 Å². The molecule has 0 spiro atoms. The maximum Gasteiger partial charge on any atom is 0.271 e. The van der Waals surface area contributed by atoms with E-state index in [0.29, 0.717) is 5.56 Å². The molecule has 0 aliphatic heterocycles. The van der Waals surface area contributed by atoms with Crippen molar-refractivity contribution >= 4 is 21.6 Å². The first kappa shape index (κ1) is 22.6. The molecule has 0 unspecified atom stereocenters. The molecule has 1 aliphatic rings. The van der Waals surface area contributed by atoms with Gasteiger partial charge in [0.1, 0.15) is 0 Å². The Balaban J connectivity index is 2.03. The number of hydrogen-bond donors (Lipinski definition) is 1. The number of hydrazone groups is 1. The van der Waals surface area contributed by atoms with Crippen molar-refractivity contribution in [2.45, 2.75) is 75.5 Å². The molecule has 0 radical (unpaired) electrons. The highest BCUT2D eigenvalue weighted by atomic mass is 32.2. The van der Waals surface area contributed by atoms with Crippen molar-refractivity contribution in [3.63, 3.8) is 0 Å². The van der Waals surface area contributed by atoms with Crippen LogP contribution in [-0.4, -0.2) is 38.4 Å². The van der Waals surface area contributed by atoms with Crippen LogP contribution in [0.5, 0.6) is 0 Å². The fraction of sp³-hybridized carbons (Fsp3) is 0.619. The molecular formula is C21H33N3O3S. The first-order valence-electron chi connectivity index (χ1n) is 10.3. The number of amides is 1. The monoisotopic (exact) mass is 407 g/mol. The average molecular weight is 408 g/mol. The predicted molar refractivity (Wildman–Crippen MR) is 113 cm³/mol. The van der Waals surface area contributed by atoms with Gasteiger partial charge in [-0.25, -0.2) is 18.1 Å². The van der Waals surface area contributed by atoms with Crippen LogP contribution in [0.25, 0.3) is 0 Å². The van der Waals surface area contributed by atoms with Gasteiger partial charge >= 0.3 is 0 Å². The number of hydrogen-bond acceptors (Lipinski definition) is 4. The van der Waals surface area contributed by atoms with Crippen LogP contribution in [0, 0.1) is 0 Å². The summed E-state index contributed by atoms with van der Waals surface area (Å²) in [5.41, 5.74) is 3.95. The standard InChI is InChI=1S/C21H33N3O3S/c1-24(2)28(26,27)20-16-12-13-18(17-20)21(25)23-22-19-14-10-8-6-4-3-5-7-9-11-15-19/h12-13,16-17H,3-11,14-15H2,1-2H3,(H,23,25). The minimum Gasteiger partial charge on any atom is -0.267 e. The van der Waals surface area contributed by atoms with Gasteiger partial charge in [0.2, 0.25) is 10.0 Å². The van der Waals surface area contributed by atoms with Gasteiger partial charge in [0.15, 0.2) is 0 Å². The Kier molecular flexibility index (Phi) is 9.12. The fourth-order valence-electron chi connectivity index (χ4n) is 3.34. The van der Waals surface area contributed by atoms with Crippen LogP contribution in [0.4, 0.5) is 0 Å². The zero-order chi connectivity index (χ0) is 20.4. The normalized spacial score (nSPS) is 17.5. The largest absolute Gasteiger partial charge is 0.271 e. The van der Waals surface area contributed by atoms with Crippen LogP contribution in [-0.2, 0) is 10.0 Å². The highest BCUT2D eigenvalue weighted by Gasteiger charge is 2.18. The number of nitrogens with one attached hydrogen (secondary N) is 1. The van der Waals surface area contributed by atoms with Gasteiger partial charge in [0.05, 0.1) is 4.90 Å². The summed E-state index contributed by atoms with van der Waals surface area (Å²) in [4.78, 5) is 12.6.